The molecule has 1 atom stereocenters. The van der Waals surface area contributed by atoms with Gasteiger partial charge in [0.25, 0.3) is 0 Å². The lowest BCUT2D eigenvalue weighted by molar-refractivity contribution is -0.157. The minimum Gasteiger partial charge on any atom is -0.460 e. The zero-order chi connectivity index (χ0) is 23.5. The number of rotatable bonds is 5. The van der Waals surface area contributed by atoms with Crippen molar-refractivity contribution in [3.63, 3.8) is 0 Å². The molecule has 170 valence electrons. The van der Waals surface area contributed by atoms with E-state index in [0.29, 0.717) is 12.8 Å². The fourth-order valence-corrected chi connectivity index (χ4v) is 4.11. The minimum absolute atomic E-state index is 0.227. The molecule has 4 nitrogen and oxygen atoms in total. The zero-order valence-corrected chi connectivity index (χ0v) is 20.0. The Labute approximate surface area is 191 Å². The van der Waals surface area contributed by atoms with Crippen molar-refractivity contribution < 1.29 is 19.1 Å². The highest BCUT2D eigenvalue weighted by Crippen LogP contribution is 2.44. The summed E-state index contributed by atoms with van der Waals surface area (Å²) < 4.78 is 11.3. The van der Waals surface area contributed by atoms with E-state index in [1.165, 1.54) is 0 Å². The number of benzene rings is 2. The normalized spacial score (nSPS) is 17.5. The second-order valence-corrected chi connectivity index (χ2v) is 10.3. The summed E-state index contributed by atoms with van der Waals surface area (Å²) in [6.45, 7) is 11.3. The van der Waals surface area contributed by atoms with Crippen LogP contribution in [0.5, 0.6) is 0 Å². The topological polar surface area (TPSA) is 52.6 Å². The molecule has 0 bridgehead atoms. The lowest BCUT2D eigenvalue weighted by Crippen LogP contribution is -2.29. The number of fused-ring (bicyclic) bond motifs is 1. The average molecular weight is 435 g/mol. The molecule has 0 aliphatic heterocycles. The second kappa shape index (κ2) is 9.32. The summed E-state index contributed by atoms with van der Waals surface area (Å²) in [7, 11) is 0. The van der Waals surface area contributed by atoms with Crippen LogP contribution in [0.3, 0.4) is 0 Å². The standard InChI is InChI=1S/C28H34O4/c1-27(2,3)31-24(29)17-16-22(19-12-8-7-9-13-19)25-21-15-11-10-14-20(21)18-23(25)26(30)32-28(4,5)6/h7-15,23H,16-18H2,1-6H3/b25-22+. The Hall–Kier alpha value is -2.88. The monoisotopic (exact) mass is 434 g/mol. The molecule has 0 N–H and O–H groups in total. The van der Waals surface area contributed by atoms with Gasteiger partial charge in [0.15, 0.2) is 0 Å². The Bertz CT molecular complexity index is 1000. The van der Waals surface area contributed by atoms with Crippen molar-refractivity contribution in [3.05, 3.63) is 71.3 Å². The molecule has 0 aromatic heterocycles. The summed E-state index contributed by atoms with van der Waals surface area (Å²) in [6, 6.07) is 18.1. The first kappa shape index (κ1) is 23.8. The van der Waals surface area contributed by atoms with Gasteiger partial charge in [-0.25, -0.2) is 0 Å². The fourth-order valence-electron chi connectivity index (χ4n) is 4.11. The molecule has 3 rings (SSSR count). The van der Waals surface area contributed by atoms with Gasteiger partial charge >= 0.3 is 11.9 Å². The van der Waals surface area contributed by atoms with Gasteiger partial charge in [-0.05, 0) is 82.2 Å². The van der Waals surface area contributed by atoms with Crippen molar-refractivity contribution in [1.82, 2.24) is 0 Å². The third-order valence-corrected chi connectivity index (χ3v) is 5.22. The molecular formula is C28H34O4. The number of esters is 2. The van der Waals surface area contributed by atoms with Crippen molar-refractivity contribution in [2.24, 2.45) is 5.92 Å². The van der Waals surface area contributed by atoms with Crippen LogP contribution in [0.15, 0.2) is 54.6 Å². The number of hydrogen-bond donors (Lipinski definition) is 0. The van der Waals surface area contributed by atoms with Gasteiger partial charge < -0.3 is 9.47 Å². The third kappa shape index (κ3) is 6.09. The number of ether oxygens (including phenoxy) is 2. The van der Waals surface area contributed by atoms with Gasteiger partial charge in [0, 0.05) is 6.42 Å². The van der Waals surface area contributed by atoms with Gasteiger partial charge in [0.1, 0.15) is 11.2 Å². The van der Waals surface area contributed by atoms with Gasteiger partial charge in [-0.1, -0.05) is 54.6 Å². The molecule has 0 spiro atoms. The summed E-state index contributed by atoms with van der Waals surface area (Å²) in [5, 5.41) is 0. The van der Waals surface area contributed by atoms with E-state index >= 15 is 0 Å². The highest BCUT2D eigenvalue weighted by atomic mass is 16.6. The molecular weight excluding hydrogens is 400 g/mol. The number of hydrogen-bond acceptors (Lipinski definition) is 4. The van der Waals surface area contributed by atoms with Crippen molar-refractivity contribution >= 4 is 23.1 Å². The maximum atomic E-state index is 13.3. The van der Waals surface area contributed by atoms with E-state index in [-0.39, 0.29) is 18.4 Å². The van der Waals surface area contributed by atoms with Crippen LogP contribution in [0.2, 0.25) is 0 Å². The highest BCUT2D eigenvalue weighted by molar-refractivity contribution is 6.03. The first-order chi connectivity index (χ1) is 14.9. The molecule has 0 saturated heterocycles. The van der Waals surface area contributed by atoms with Crippen molar-refractivity contribution in [1.29, 1.82) is 0 Å². The minimum atomic E-state index is -0.569. The summed E-state index contributed by atoms with van der Waals surface area (Å²) >= 11 is 0. The Morgan fingerprint density at radius 3 is 2.03 bits per heavy atom. The molecule has 1 unspecified atom stereocenters. The SMILES string of the molecule is CC(C)(C)OC(=O)CC/C(=C1/c2ccccc2CC1C(=O)OC(C)(C)C)c1ccccc1. The number of carbonyl (C=O) groups is 2. The van der Waals surface area contributed by atoms with Crippen LogP contribution in [0.1, 0.15) is 71.1 Å². The predicted octanol–water partition coefficient (Wildman–Crippen LogP) is 6.23. The fraction of sp³-hybridized carbons (Fsp3) is 0.429. The molecule has 0 radical (unpaired) electrons. The van der Waals surface area contributed by atoms with Gasteiger partial charge in [0.2, 0.25) is 0 Å². The van der Waals surface area contributed by atoms with Crippen LogP contribution in [0, 0.1) is 5.92 Å². The number of allylic oxidation sites excluding steroid dienone is 1. The maximum Gasteiger partial charge on any atom is 0.314 e. The molecule has 0 heterocycles. The zero-order valence-electron chi connectivity index (χ0n) is 20.0. The summed E-state index contributed by atoms with van der Waals surface area (Å²) in [6.07, 6.45) is 1.33. The summed E-state index contributed by atoms with van der Waals surface area (Å²) in [4.78, 5) is 25.8. The molecule has 0 fully saturated rings. The molecule has 4 heteroatoms. The maximum absolute atomic E-state index is 13.3. The smallest absolute Gasteiger partial charge is 0.314 e. The van der Waals surface area contributed by atoms with Gasteiger partial charge in [-0.2, -0.15) is 0 Å². The molecule has 2 aromatic rings. The Morgan fingerprint density at radius 2 is 1.41 bits per heavy atom. The van der Waals surface area contributed by atoms with Crippen LogP contribution < -0.4 is 0 Å². The van der Waals surface area contributed by atoms with E-state index in [0.717, 1.165) is 27.8 Å². The third-order valence-electron chi connectivity index (χ3n) is 5.22. The lowest BCUT2D eigenvalue weighted by atomic mass is 9.87. The van der Waals surface area contributed by atoms with Gasteiger partial charge in [0.05, 0.1) is 5.92 Å². The first-order valence-electron chi connectivity index (χ1n) is 11.3. The van der Waals surface area contributed by atoms with Gasteiger partial charge in [-0.15, -0.1) is 0 Å². The van der Waals surface area contributed by atoms with E-state index in [1.807, 2.05) is 84.0 Å². The summed E-state index contributed by atoms with van der Waals surface area (Å²) in [5.41, 5.74) is 4.06. The van der Waals surface area contributed by atoms with Crippen LogP contribution in [-0.2, 0) is 25.5 Å². The largest absolute Gasteiger partial charge is 0.460 e. The first-order valence-corrected chi connectivity index (χ1v) is 11.3. The van der Waals surface area contributed by atoms with E-state index < -0.39 is 17.1 Å². The Balaban J connectivity index is 2.07. The van der Waals surface area contributed by atoms with E-state index in [2.05, 4.69) is 12.1 Å². The van der Waals surface area contributed by atoms with E-state index in [4.69, 9.17) is 9.47 Å². The molecule has 1 aliphatic rings. The van der Waals surface area contributed by atoms with Crippen molar-refractivity contribution in [3.8, 4) is 0 Å². The van der Waals surface area contributed by atoms with Crippen molar-refractivity contribution in [2.45, 2.75) is 72.0 Å². The molecule has 0 saturated carbocycles. The van der Waals surface area contributed by atoms with Crippen LogP contribution >= 0.6 is 0 Å². The second-order valence-electron chi connectivity index (χ2n) is 10.3. The number of carbonyl (C=O) groups excluding carboxylic acids is 2. The van der Waals surface area contributed by atoms with Crippen molar-refractivity contribution in [2.75, 3.05) is 0 Å². The molecule has 1 aliphatic carbocycles. The van der Waals surface area contributed by atoms with E-state index in [9.17, 15) is 9.59 Å². The predicted molar refractivity (Wildman–Crippen MR) is 128 cm³/mol. The summed E-state index contributed by atoms with van der Waals surface area (Å²) in [5.74, 6) is -0.874. The Kier molecular flexibility index (Phi) is 6.92. The Morgan fingerprint density at radius 1 is 0.812 bits per heavy atom. The van der Waals surface area contributed by atoms with Crippen LogP contribution in [0.4, 0.5) is 0 Å². The van der Waals surface area contributed by atoms with Crippen LogP contribution in [-0.4, -0.2) is 23.1 Å². The molecule has 32 heavy (non-hydrogen) atoms. The quantitative estimate of drug-likeness (QED) is 0.523. The van der Waals surface area contributed by atoms with E-state index in [1.54, 1.807) is 0 Å². The van der Waals surface area contributed by atoms with Gasteiger partial charge in [-0.3, -0.25) is 9.59 Å². The molecule has 2 aromatic carbocycles. The highest BCUT2D eigenvalue weighted by Gasteiger charge is 2.37. The molecule has 0 amide bonds. The average Bonchev–Trinajstić information content (AvgIpc) is 3.06. The van der Waals surface area contributed by atoms with Crippen LogP contribution in [0.25, 0.3) is 11.1 Å². The lowest BCUT2D eigenvalue weighted by Gasteiger charge is -2.24.